The highest BCUT2D eigenvalue weighted by atomic mass is 32.2. The van der Waals surface area contributed by atoms with Crippen molar-refractivity contribution in [2.75, 3.05) is 25.9 Å². The van der Waals surface area contributed by atoms with Crippen molar-refractivity contribution in [3.63, 3.8) is 0 Å². The average molecular weight is 207 g/mol. The van der Waals surface area contributed by atoms with Crippen LogP contribution in [0.25, 0.3) is 0 Å². The predicted octanol–water partition coefficient (Wildman–Crippen LogP) is 0.606. The molecule has 1 N–H and O–H groups in total. The standard InChI is InChI=1S/C8H17NO3S/c1-9-5-2-8(3-6-9)4-7-13(10,11)12/h8H,2-7H2,1H3,(H,10,11,12). The molecule has 0 unspecified atom stereocenters. The summed E-state index contributed by atoms with van der Waals surface area (Å²) < 4.78 is 29.5. The molecule has 0 aromatic heterocycles. The summed E-state index contributed by atoms with van der Waals surface area (Å²) in [6.45, 7) is 2.08. The van der Waals surface area contributed by atoms with E-state index in [2.05, 4.69) is 11.9 Å². The minimum atomic E-state index is -3.75. The second-order valence-electron chi connectivity index (χ2n) is 3.82. The summed E-state index contributed by atoms with van der Waals surface area (Å²) >= 11 is 0. The topological polar surface area (TPSA) is 57.6 Å². The highest BCUT2D eigenvalue weighted by molar-refractivity contribution is 7.85. The third kappa shape index (κ3) is 4.59. The molecule has 1 heterocycles. The zero-order chi connectivity index (χ0) is 9.90. The summed E-state index contributed by atoms with van der Waals surface area (Å²) in [5.74, 6) is 0.389. The maximum absolute atomic E-state index is 10.5. The van der Waals surface area contributed by atoms with Gasteiger partial charge in [0.1, 0.15) is 0 Å². The van der Waals surface area contributed by atoms with E-state index in [0.29, 0.717) is 12.3 Å². The molecule has 78 valence electrons. The zero-order valence-corrected chi connectivity index (χ0v) is 8.76. The molecule has 1 saturated heterocycles. The Labute approximate surface area is 79.7 Å². The van der Waals surface area contributed by atoms with Crippen molar-refractivity contribution >= 4 is 10.1 Å². The smallest absolute Gasteiger partial charge is 0.264 e. The van der Waals surface area contributed by atoms with Crippen LogP contribution in [0.3, 0.4) is 0 Å². The van der Waals surface area contributed by atoms with Gasteiger partial charge in [-0.05, 0) is 45.3 Å². The summed E-state index contributed by atoms with van der Waals surface area (Å²) in [7, 11) is -1.68. The van der Waals surface area contributed by atoms with E-state index in [1.54, 1.807) is 0 Å². The second kappa shape index (κ2) is 4.39. The van der Waals surface area contributed by atoms with E-state index in [1.807, 2.05) is 0 Å². The molecule has 13 heavy (non-hydrogen) atoms. The first-order chi connectivity index (χ1) is 5.97. The van der Waals surface area contributed by atoms with Gasteiger partial charge in [0.05, 0.1) is 5.75 Å². The van der Waals surface area contributed by atoms with Gasteiger partial charge in [-0.25, -0.2) is 0 Å². The van der Waals surface area contributed by atoms with Gasteiger partial charge in [-0.1, -0.05) is 0 Å². The first-order valence-corrected chi connectivity index (χ1v) is 6.22. The fourth-order valence-electron chi connectivity index (χ4n) is 1.67. The quantitative estimate of drug-likeness (QED) is 0.689. The van der Waals surface area contributed by atoms with Crippen LogP contribution in [0.1, 0.15) is 19.3 Å². The van der Waals surface area contributed by atoms with Gasteiger partial charge in [-0.2, -0.15) is 8.42 Å². The van der Waals surface area contributed by atoms with E-state index in [4.69, 9.17) is 4.55 Å². The number of rotatable bonds is 3. The number of hydrogen-bond acceptors (Lipinski definition) is 3. The summed E-state index contributed by atoms with van der Waals surface area (Å²) in [5, 5.41) is 0. The van der Waals surface area contributed by atoms with E-state index in [0.717, 1.165) is 25.9 Å². The highest BCUT2D eigenvalue weighted by Crippen LogP contribution is 2.19. The normalized spacial score (nSPS) is 22.0. The van der Waals surface area contributed by atoms with Gasteiger partial charge >= 0.3 is 0 Å². The van der Waals surface area contributed by atoms with Crippen molar-refractivity contribution in [3.8, 4) is 0 Å². The molecule has 4 nitrogen and oxygen atoms in total. The molecule has 0 atom stereocenters. The summed E-state index contributed by atoms with van der Waals surface area (Å²) in [6.07, 6.45) is 2.70. The van der Waals surface area contributed by atoms with E-state index in [-0.39, 0.29) is 5.75 Å². The van der Waals surface area contributed by atoms with Gasteiger partial charge in [-0.3, -0.25) is 4.55 Å². The Kier molecular flexibility index (Phi) is 3.70. The van der Waals surface area contributed by atoms with Crippen molar-refractivity contribution in [1.82, 2.24) is 4.90 Å². The fourth-order valence-corrected chi connectivity index (χ4v) is 2.30. The molecular weight excluding hydrogens is 190 g/mol. The molecule has 1 aliphatic heterocycles. The predicted molar refractivity (Wildman–Crippen MR) is 51.3 cm³/mol. The van der Waals surface area contributed by atoms with E-state index >= 15 is 0 Å². The molecular formula is C8H17NO3S. The Balaban J connectivity index is 2.24. The molecule has 0 aliphatic carbocycles. The van der Waals surface area contributed by atoms with Crippen molar-refractivity contribution < 1.29 is 13.0 Å². The second-order valence-corrected chi connectivity index (χ2v) is 5.39. The van der Waals surface area contributed by atoms with Crippen LogP contribution in [0.15, 0.2) is 0 Å². The Bertz CT molecular complexity index is 242. The van der Waals surface area contributed by atoms with Gasteiger partial charge in [0, 0.05) is 0 Å². The fraction of sp³-hybridized carbons (Fsp3) is 1.00. The Morgan fingerprint density at radius 2 is 1.92 bits per heavy atom. The van der Waals surface area contributed by atoms with Gasteiger partial charge in [0.25, 0.3) is 10.1 Å². The van der Waals surface area contributed by atoms with E-state index in [9.17, 15) is 8.42 Å². The van der Waals surface area contributed by atoms with Crippen LogP contribution >= 0.6 is 0 Å². The molecule has 0 amide bonds. The summed E-state index contributed by atoms with van der Waals surface area (Å²) in [5.41, 5.74) is 0. The van der Waals surface area contributed by atoms with Crippen LogP contribution in [-0.4, -0.2) is 43.8 Å². The molecule has 1 rings (SSSR count). The van der Waals surface area contributed by atoms with Crippen molar-refractivity contribution in [2.24, 2.45) is 5.92 Å². The van der Waals surface area contributed by atoms with Crippen LogP contribution in [0, 0.1) is 5.92 Å². The molecule has 0 saturated carbocycles. The zero-order valence-electron chi connectivity index (χ0n) is 7.94. The summed E-state index contributed by atoms with van der Waals surface area (Å²) in [6, 6.07) is 0. The number of nitrogens with zero attached hydrogens (tertiary/aromatic N) is 1. The SMILES string of the molecule is CN1CCC(CCS(=O)(=O)O)CC1. The average Bonchev–Trinajstić information content (AvgIpc) is 2.02. The van der Waals surface area contributed by atoms with Crippen LogP contribution < -0.4 is 0 Å². The molecule has 0 radical (unpaired) electrons. The Morgan fingerprint density at radius 1 is 1.38 bits per heavy atom. The maximum Gasteiger partial charge on any atom is 0.264 e. The number of piperidine rings is 1. The first kappa shape index (κ1) is 10.9. The van der Waals surface area contributed by atoms with Crippen LogP contribution in [0.5, 0.6) is 0 Å². The lowest BCUT2D eigenvalue weighted by atomic mass is 9.95. The molecule has 1 aliphatic rings. The minimum absolute atomic E-state index is 0.0820. The lowest BCUT2D eigenvalue weighted by molar-refractivity contribution is 0.216. The largest absolute Gasteiger partial charge is 0.306 e. The van der Waals surface area contributed by atoms with Crippen molar-refractivity contribution in [2.45, 2.75) is 19.3 Å². The molecule has 0 aromatic rings. The van der Waals surface area contributed by atoms with Gasteiger partial charge in [0.2, 0.25) is 0 Å². The van der Waals surface area contributed by atoms with Crippen LogP contribution in [0.2, 0.25) is 0 Å². The van der Waals surface area contributed by atoms with Crippen LogP contribution in [0.4, 0.5) is 0 Å². The van der Waals surface area contributed by atoms with Gasteiger partial charge in [-0.15, -0.1) is 0 Å². The summed E-state index contributed by atoms with van der Waals surface area (Å²) in [4.78, 5) is 2.24. The lowest BCUT2D eigenvalue weighted by Gasteiger charge is -2.28. The van der Waals surface area contributed by atoms with Gasteiger partial charge in [0.15, 0.2) is 0 Å². The first-order valence-electron chi connectivity index (χ1n) is 4.61. The molecule has 0 aromatic carbocycles. The monoisotopic (exact) mass is 207 g/mol. The molecule has 1 fully saturated rings. The highest BCUT2D eigenvalue weighted by Gasteiger charge is 2.18. The van der Waals surface area contributed by atoms with E-state index < -0.39 is 10.1 Å². The lowest BCUT2D eigenvalue weighted by Crippen LogP contribution is -2.30. The number of likely N-dealkylation sites (tertiary alicyclic amines) is 1. The van der Waals surface area contributed by atoms with Crippen LogP contribution in [-0.2, 0) is 10.1 Å². The van der Waals surface area contributed by atoms with E-state index in [1.165, 1.54) is 0 Å². The van der Waals surface area contributed by atoms with Crippen molar-refractivity contribution in [1.29, 1.82) is 0 Å². The third-order valence-corrected chi connectivity index (χ3v) is 3.37. The molecule has 0 spiro atoms. The van der Waals surface area contributed by atoms with Crippen molar-refractivity contribution in [3.05, 3.63) is 0 Å². The minimum Gasteiger partial charge on any atom is -0.306 e. The molecule has 5 heteroatoms. The Hall–Kier alpha value is -0.130. The Morgan fingerprint density at radius 3 is 2.38 bits per heavy atom. The van der Waals surface area contributed by atoms with Gasteiger partial charge < -0.3 is 4.90 Å². The maximum atomic E-state index is 10.5. The molecule has 0 bridgehead atoms. The third-order valence-electron chi connectivity index (χ3n) is 2.62. The number of hydrogen-bond donors (Lipinski definition) is 1.